The number of nitrogens with zero attached hydrogens (tertiary/aromatic N) is 1. The molecule has 4 rings (SSSR count). The first-order chi connectivity index (χ1) is 15.2. The van der Waals surface area contributed by atoms with E-state index in [0.29, 0.717) is 23.5 Å². The average molecular weight is 520 g/mol. The summed E-state index contributed by atoms with van der Waals surface area (Å²) >= 11 is 3.38. The molecule has 32 heavy (non-hydrogen) atoms. The van der Waals surface area contributed by atoms with Crippen molar-refractivity contribution in [2.75, 3.05) is 18.1 Å². The monoisotopic (exact) mass is 519 g/mol. The number of aliphatic hydroxyl groups is 1. The topological polar surface area (TPSA) is 101 Å². The van der Waals surface area contributed by atoms with Crippen LogP contribution < -0.4 is 4.74 Å². The number of hydrogen-bond donors (Lipinski definition) is 1. The zero-order valence-electron chi connectivity index (χ0n) is 17.3. The lowest BCUT2D eigenvalue weighted by Gasteiger charge is -2.30. The number of aliphatic hydroxyl groups excluding tert-OH is 1. The maximum Gasteiger partial charge on any atom is 0.295 e. The van der Waals surface area contributed by atoms with E-state index in [1.54, 1.807) is 48.5 Å². The fourth-order valence-electron chi connectivity index (χ4n) is 4.25. The molecule has 1 amide bonds. The quantitative estimate of drug-likeness (QED) is 0.368. The highest BCUT2D eigenvalue weighted by atomic mass is 79.9. The third-order valence-electron chi connectivity index (χ3n) is 5.69. The molecule has 0 aliphatic carbocycles. The predicted octanol–water partition coefficient (Wildman–Crippen LogP) is 3.46. The van der Waals surface area contributed by atoms with Crippen LogP contribution in [0.4, 0.5) is 0 Å². The van der Waals surface area contributed by atoms with E-state index in [1.807, 2.05) is 6.92 Å². The van der Waals surface area contributed by atoms with Gasteiger partial charge in [0.15, 0.2) is 9.84 Å². The largest absolute Gasteiger partial charge is 0.507 e. The molecule has 0 aromatic heterocycles. The smallest absolute Gasteiger partial charge is 0.295 e. The zero-order chi connectivity index (χ0) is 23.0. The first-order valence-corrected chi connectivity index (χ1v) is 12.8. The standard InChI is InChI=1S/C23H22BrNO6S/c1-2-31-18-5-3-4-15(12-18)21(26)19-20(14-6-8-16(24)9-7-14)25(23(28)22(19)27)17-10-11-32(29,30)13-17/h3-9,12,17,20,26H,2,10-11,13H2,1H3/b21-19+. The van der Waals surface area contributed by atoms with Gasteiger partial charge in [-0.25, -0.2) is 8.42 Å². The van der Waals surface area contributed by atoms with Crippen LogP contribution in [-0.4, -0.2) is 54.3 Å². The van der Waals surface area contributed by atoms with Crippen molar-refractivity contribution in [1.82, 2.24) is 4.90 Å². The van der Waals surface area contributed by atoms with Crippen LogP contribution in [0.2, 0.25) is 0 Å². The highest BCUT2D eigenvalue weighted by molar-refractivity contribution is 9.10. The van der Waals surface area contributed by atoms with Gasteiger partial charge < -0.3 is 14.7 Å². The Bertz CT molecular complexity index is 1210. The second-order valence-corrected chi connectivity index (χ2v) is 10.9. The van der Waals surface area contributed by atoms with Crippen LogP contribution in [0.5, 0.6) is 5.75 Å². The normalized spacial score (nSPS) is 24.1. The molecule has 2 fully saturated rings. The number of carbonyl (C=O) groups excluding carboxylic acids is 2. The molecule has 2 aliphatic heterocycles. The van der Waals surface area contributed by atoms with Gasteiger partial charge in [0, 0.05) is 16.1 Å². The van der Waals surface area contributed by atoms with Crippen LogP contribution in [0.1, 0.15) is 30.5 Å². The van der Waals surface area contributed by atoms with E-state index in [-0.39, 0.29) is 29.3 Å². The Hall–Kier alpha value is -2.65. The number of benzene rings is 2. The van der Waals surface area contributed by atoms with Gasteiger partial charge in [-0.3, -0.25) is 9.59 Å². The molecule has 168 valence electrons. The van der Waals surface area contributed by atoms with Crippen LogP contribution in [0.15, 0.2) is 58.6 Å². The molecule has 9 heteroatoms. The van der Waals surface area contributed by atoms with Gasteiger partial charge in [-0.05, 0) is 43.2 Å². The fraction of sp³-hybridized carbons (Fsp3) is 0.304. The summed E-state index contributed by atoms with van der Waals surface area (Å²) in [6.07, 6.45) is 0.252. The number of carbonyl (C=O) groups is 2. The van der Waals surface area contributed by atoms with Crippen LogP contribution in [0.25, 0.3) is 5.76 Å². The third kappa shape index (κ3) is 4.19. The van der Waals surface area contributed by atoms with Crippen molar-refractivity contribution in [2.24, 2.45) is 0 Å². The Labute approximate surface area is 194 Å². The lowest BCUT2D eigenvalue weighted by atomic mass is 9.94. The Morgan fingerprint density at radius 3 is 2.53 bits per heavy atom. The zero-order valence-corrected chi connectivity index (χ0v) is 19.7. The van der Waals surface area contributed by atoms with E-state index in [4.69, 9.17) is 4.74 Å². The first-order valence-electron chi connectivity index (χ1n) is 10.2. The first kappa shape index (κ1) is 22.5. The van der Waals surface area contributed by atoms with Crippen molar-refractivity contribution >= 4 is 43.2 Å². The van der Waals surface area contributed by atoms with Gasteiger partial charge >= 0.3 is 0 Å². The molecule has 0 spiro atoms. The second kappa shape index (κ2) is 8.71. The third-order valence-corrected chi connectivity index (χ3v) is 7.97. The van der Waals surface area contributed by atoms with Gasteiger partial charge in [-0.1, -0.05) is 40.2 Å². The number of likely N-dealkylation sites (tertiary alicyclic amines) is 1. The molecule has 2 unspecified atom stereocenters. The number of hydrogen-bond acceptors (Lipinski definition) is 6. The lowest BCUT2D eigenvalue weighted by molar-refractivity contribution is -0.141. The molecule has 2 atom stereocenters. The van der Waals surface area contributed by atoms with Crippen LogP contribution in [-0.2, 0) is 19.4 Å². The average Bonchev–Trinajstić information content (AvgIpc) is 3.25. The van der Waals surface area contributed by atoms with Gasteiger partial charge in [0.2, 0.25) is 0 Å². The molecular formula is C23H22BrNO6S. The van der Waals surface area contributed by atoms with Gasteiger partial charge in [0.05, 0.1) is 29.7 Å². The Morgan fingerprint density at radius 1 is 1.19 bits per heavy atom. The molecule has 7 nitrogen and oxygen atoms in total. The van der Waals surface area contributed by atoms with E-state index in [9.17, 15) is 23.1 Å². The number of Topliss-reactive ketones (excluding diaryl/α,β-unsaturated/α-hetero) is 1. The molecular weight excluding hydrogens is 498 g/mol. The number of rotatable bonds is 5. The predicted molar refractivity (Wildman–Crippen MR) is 123 cm³/mol. The summed E-state index contributed by atoms with van der Waals surface area (Å²) in [5.41, 5.74) is 0.893. The minimum atomic E-state index is -3.30. The summed E-state index contributed by atoms with van der Waals surface area (Å²) < 4.78 is 30.5. The lowest BCUT2D eigenvalue weighted by Crippen LogP contribution is -2.40. The van der Waals surface area contributed by atoms with Crippen molar-refractivity contribution < 1.29 is 27.9 Å². The molecule has 0 radical (unpaired) electrons. The summed E-state index contributed by atoms with van der Waals surface area (Å²) in [7, 11) is -3.30. The SMILES string of the molecule is CCOc1cccc(/C(O)=C2\C(=O)C(=O)N(C3CCS(=O)(=O)C3)C2c2ccc(Br)cc2)c1. The second-order valence-electron chi connectivity index (χ2n) is 7.78. The molecule has 2 aromatic rings. The van der Waals surface area contributed by atoms with E-state index < -0.39 is 33.6 Å². The maximum atomic E-state index is 13.1. The van der Waals surface area contributed by atoms with Crippen LogP contribution >= 0.6 is 15.9 Å². The summed E-state index contributed by atoms with van der Waals surface area (Å²) in [5.74, 6) is -1.67. The van der Waals surface area contributed by atoms with Gasteiger partial charge in [-0.2, -0.15) is 0 Å². The number of halogens is 1. The summed E-state index contributed by atoms with van der Waals surface area (Å²) in [5, 5.41) is 11.1. The number of ether oxygens (including phenoxy) is 1. The molecule has 1 N–H and O–H groups in total. The van der Waals surface area contributed by atoms with E-state index >= 15 is 0 Å². The molecule has 0 bridgehead atoms. The molecule has 2 aromatic carbocycles. The van der Waals surface area contributed by atoms with Crippen molar-refractivity contribution in [2.45, 2.75) is 25.4 Å². The van der Waals surface area contributed by atoms with Crippen molar-refractivity contribution in [3.05, 3.63) is 69.7 Å². The minimum Gasteiger partial charge on any atom is -0.507 e. The van der Waals surface area contributed by atoms with E-state index in [1.165, 1.54) is 4.90 Å². The van der Waals surface area contributed by atoms with Crippen LogP contribution in [0, 0.1) is 0 Å². The van der Waals surface area contributed by atoms with Gasteiger partial charge in [0.1, 0.15) is 11.5 Å². The van der Waals surface area contributed by atoms with Crippen molar-refractivity contribution in [3.63, 3.8) is 0 Å². The Morgan fingerprint density at radius 2 is 1.91 bits per heavy atom. The van der Waals surface area contributed by atoms with Crippen LogP contribution in [0.3, 0.4) is 0 Å². The van der Waals surface area contributed by atoms with Gasteiger partial charge in [0.25, 0.3) is 11.7 Å². The van der Waals surface area contributed by atoms with Crippen molar-refractivity contribution in [1.29, 1.82) is 0 Å². The molecule has 2 saturated heterocycles. The van der Waals surface area contributed by atoms with Crippen molar-refractivity contribution in [3.8, 4) is 5.75 Å². The highest BCUT2D eigenvalue weighted by Gasteiger charge is 2.50. The number of sulfone groups is 1. The fourth-order valence-corrected chi connectivity index (χ4v) is 6.22. The van der Waals surface area contributed by atoms with E-state index in [2.05, 4.69) is 15.9 Å². The summed E-state index contributed by atoms with van der Waals surface area (Å²) in [6.45, 7) is 2.27. The maximum absolute atomic E-state index is 13.1. The van der Waals surface area contributed by atoms with E-state index in [0.717, 1.165) is 4.47 Å². The summed E-state index contributed by atoms with van der Waals surface area (Å²) in [4.78, 5) is 27.5. The Balaban J connectivity index is 1.87. The molecule has 2 heterocycles. The highest BCUT2D eigenvalue weighted by Crippen LogP contribution is 2.42. The summed E-state index contributed by atoms with van der Waals surface area (Å²) in [6, 6.07) is 12.2. The Kier molecular flexibility index (Phi) is 6.13. The molecule has 0 saturated carbocycles. The number of amides is 1. The van der Waals surface area contributed by atoms with Gasteiger partial charge in [-0.15, -0.1) is 0 Å². The minimum absolute atomic E-state index is 0.0376. The molecule has 2 aliphatic rings. The number of ketones is 1.